The first-order valence-electron chi connectivity index (χ1n) is 13.5. The molecule has 2 amide bonds. The van der Waals surface area contributed by atoms with Gasteiger partial charge in [0.05, 0.1) is 18.7 Å². The summed E-state index contributed by atoms with van der Waals surface area (Å²) in [5.41, 5.74) is 2.05. The predicted octanol–water partition coefficient (Wildman–Crippen LogP) is 4.53. The van der Waals surface area contributed by atoms with E-state index in [-0.39, 0.29) is 36.8 Å². The monoisotopic (exact) mass is 637 g/mol. The first kappa shape index (κ1) is 29.2. The third kappa shape index (κ3) is 6.15. The SMILES string of the molecule is CCCOc1cc2c(cc1-c1cnc(C)nc1)c(C(C)=O)nn2CC(=O)N1C[C@H](F)C[C@H]1C(=O)Nc1cccc(Br)n1. The maximum atomic E-state index is 14.6. The van der Waals surface area contributed by atoms with Gasteiger partial charge in [0.1, 0.15) is 46.4 Å². The van der Waals surface area contributed by atoms with E-state index in [9.17, 15) is 18.8 Å². The van der Waals surface area contributed by atoms with Crippen LogP contribution in [0, 0.1) is 6.92 Å². The van der Waals surface area contributed by atoms with Crippen LogP contribution in [0.5, 0.6) is 5.75 Å². The molecule has 1 aromatic carbocycles. The van der Waals surface area contributed by atoms with Crippen LogP contribution in [0.3, 0.4) is 0 Å². The molecule has 1 fully saturated rings. The lowest BCUT2D eigenvalue weighted by Gasteiger charge is -2.23. The predicted molar refractivity (Wildman–Crippen MR) is 157 cm³/mol. The molecule has 0 unspecified atom stereocenters. The standard InChI is InChI=1S/C29H29BrFN7O4/c1-4-8-42-24-11-22-21(10-20(24)18-12-32-17(3)33-13-18)28(16(2)39)36-38(22)15-27(40)37-14-19(31)9-23(37)29(41)35-26-7-5-6-25(30)34-26/h5-7,10-13,19,23H,4,8-9,14-15H2,1-3H3,(H,34,35,41)/t19-,23+/m1/s1. The summed E-state index contributed by atoms with van der Waals surface area (Å²) in [6, 6.07) is 7.50. The summed E-state index contributed by atoms with van der Waals surface area (Å²) in [7, 11) is 0. The van der Waals surface area contributed by atoms with Gasteiger partial charge in [0, 0.05) is 48.3 Å². The number of ketones is 1. The summed E-state index contributed by atoms with van der Waals surface area (Å²) in [5, 5.41) is 7.64. The highest BCUT2D eigenvalue weighted by molar-refractivity contribution is 9.10. The number of amides is 2. The number of hydrogen-bond acceptors (Lipinski definition) is 8. The van der Waals surface area contributed by atoms with Crippen LogP contribution >= 0.6 is 15.9 Å². The topological polar surface area (TPSA) is 132 Å². The van der Waals surface area contributed by atoms with Crippen LogP contribution < -0.4 is 10.1 Å². The van der Waals surface area contributed by atoms with Gasteiger partial charge in [-0.3, -0.25) is 19.1 Å². The molecule has 42 heavy (non-hydrogen) atoms. The van der Waals surface area contributed by atoms with Gasteiger partial charge in [-0.2, -0.15) is 5.10 Å². The second-order valence-electron chi connectivity index (χ2n) is 10.0. The van der Waals surface area contributed by atoms with E-state index in [4.69, 9.17) is 4.74 Å². The number of aromatic nitrogens is 5. The molecule has 0 saturated carbocycles. The Morgan fingerprint density at radius 3 is 2.64 bits per heavy atom. The van der Waals surface area contributed by atoms with E-state index in [2.05, 4.69) is 41.3 Å². The Labute approximate surface area is 249 Å². The molecule has 0 aliphatic carbocycles. The Hall–Kier alpha value is -4.26. The van der Waals surface area contributed by atoms with Gasteiger partial charge in [0.2, 0.25) is 11.8 Å². The summed E-state index contributed by atoms with van der Waals surface area (Å²) >= 11 is 3.25. The molecule has 1 saturated heterocycles. The average molecular weight is 638 g/mol. The van der Waals surface area contributed by atoms with Crippen LogP contribution in [0.15, 0.2) is 47.3 Å². The molecule has 0 radical (unpaired) electrons. The Balaban J connectivity index is 1.48. The highest BCUT2D eigenvalue weighted by atomic mass is 79.9. The smallest absolute Gasteiger partial charge is 0.248 e. The lowest BCUT2D eigenvalue weighted by atomic mass is 10.0. The summed E-state index contributed by atoms with van der Waals surface area (Å²) in [6.45, 7) is 5.06. The molecule has 3 aromatic heterocycles. The fourth-order valence-electron chi connectivity index (χ4n) is 4.89. The van der Waals surface area contributed by atoms with Crippen LogP contribution in [0.1, 0.15) is 43.0 Å². The Kier molecular flexibility index (Phi) is 8.57. The number of halogens is 2. The average Bonchev–Trinajstić information content (AvgIpc) is 3.52. The van der Waals surface area contributed by atoms with Crippen molar-refractivity contribution in [3.63, 3.8) is 0 Å². The number of nitrogens with one attached hydrogen (secondary N) is 1. The van der Waals surface area contributed by atoms with E-state index in [0.717, 1.165) is 6.42 Å². The van der Waals surface area contributed by atoms with Gasteiger partial charge >= 0.3 is 0 Å². The molecule has 1 aliphatic rings. The third-order valence-corrected chi connectivity index (χ3v) is 7.31. The third-order valence-electron chi connectivity index (χ3n) is 6.86. The maximum absolute atomic E-state index is 14.6. The maximum Gasteiger partial charge on any atom is 0.248 e. The van der Waals surface area contributed by atoms with Crippen molar-refractivity contribution in [2.75, 3.05) is 18.5 Å². The number of fused-ring (bicyclic) bond motifs is 1. The van der Waals surface area contributed by atoms with Crippen LogP contribution in [0.4, 0.5) is 10.2 Å². The molecule has 218 valence electrons. The minimum absolute atomic E-state index is 0.138. The van der Waals surface area contributed by atoms with Crippen molar-refractivity contribution in [3.05, 3.63) is 58.8 Å². The molecule has 0 bridgehead atoms. The fourth-order valence-corrected chi connectivity index (χ4v) is 5.23. The van der Waals surface area contributed by atoms with Crippen molar-refractivity contribution in [3.8, 4) is 16.9 Å². The van der Waals surface area contributed by atoms with Crippen LogP contribution in [0.2, 0.25) is 0 Å². The molecule has 1 aliphatic heterocycles. The lowest BCUT2D eigenvalue weighted by Crippen LogP contribution is -2.44. The van der Waals surface area contributed by atoms with E-state index < -0.39 is 24.0 Å². The first-order valence-corrected chi connectivity index (χ1v) is 14.3. The van der Waals surface area contributed by atoms with E-state index in [1.54, 1.807) is 49.6 Å². The minimum Gasteiger partial charge on any atom is -0.493 e. The summed E-state index contributed by atoms with van der Waals surface area (Å²) < 4.78 is 22.5. The quantitative estimate of drug-likeness (QED) is 0.209. The van der Waals surface area contributed by atoms with Gasteiger partial charge in [-0.05, 0) is 47.5 Å². The van der Waals surface area contributed by atoms with Gasteiger partial charge in [-0.25, -0.2) is 19.3 Å². The first-order chi connectivity index (χ1) is 20.1. The lowest BCUT2D eigenvalue weighted by molar-refractivity contribution is -0.137. The molecule has 4 aromatic rings. The van der Waals surface area contributed by atoms with E-state index in [1.165, 1.54) is 16.5 Å². The number of rotatable bonds is 9. The number of nitrogens with zero attached hydrogens (tertiary/aromatic N) is 6. The number of aryl methyl sites for hydroxylation is 1. The van der Waals surface area contributed by atoms with Crippen molar-refractivity contribution in [2.24, 2.45) is 0 Å². The molecule has 13 heteroatoms. The van der Waals surface area contributed by atoms with Crippen molar-refractivity contribution < 1.29 is 23.5 Å². The zero-order chi connectivity index (χ0) is 30.0. The Morgan fingerprint density at radius 2 is 1.95 bits per heavy atom. The molecule has 5 rings (SSSR count). The van der Waals surface area contributed by atoms with Crippen LogP contribution in [-0.4, -0.2) is 72.6 Å². The largest absolute Gasteiger partial charge is 0.493 e. The van der Waals surface area contributed by atoms with Crippen molar-refractivity contribution in [1.82, 2.24) is 29.6 Å². The number of anilines is 1. The molecule has 11 nitrogen and oxygen atoms in total. The Bertz CT molecular complexity index is 1660. The number of carbonyl (C=O) groups excluding carboxylic acids is 3. The molecule has 1 N–H and O–H groups in total. The summed E-state index contributed by atoms with van der Waals surface area (Å²) in [5.74, 6) is 0.0762. The molecule has 0 spiro atoms. The van der Waals surface area contributed by atoms with Crippen molar-refractivity contribution >= 4 is 50.2 Å². The second-order valence-corrected chi connectivity index (χ2v) is 10.8. The zero-order valence-electron chi connectivity index (χ0n) is 23.3. The van der Waals surface area contributed by atoms with Gasteiger partial charge in [-0.15, -0.1) is 0 Å². The number of ether oxygens (including phenoxy) is 1. The number of hydrogen-bond donors (Lipinski definition) is 1. The van der Waals surface area contributed by atoms with E-state index in [1.807, 2.05) is 6.92 Å². The van der Waals surface area contributed by atoms with Crippen LogP contribution in [-0.2, 0) is 16.1 Å². The number of benzene rings is 1. The van der Waals surface area contributed by atoms with Crippen LogP contribution in [0.25, 0.3) is 22.0 Å². The second kappa shape index (κ2) is 12.3. The normalized spacial score (nSPS) is 16.5. The van der Waals surface area contributed by atoms with Gasteiger partial charge in [0.25, 0.3) is 0 Å². The molecule has 4 heterocycles. The van der Waals surface area contributed by atoms with Crippen molar-refractivity contribution in [2.45, 2.75) is 52.4 Å². The molecular formula is C29H29BrFN7O4. The van der Waals surface area contributed by atoms with Gasteiger partial charge in [-0.1, -0.05) is 13.0 Å². The molecular weight excluding hydrogens is 609 g/mol. The number of Topliss-reactive ketones (excluding diaryl/α,β-unsaturated/α-hetero) is 1. The van der Waals surface area contributed by atoms with Gasteiger partial charge in [0.15, 0.2) is 5.78 Å². The van der Waals surface area contributed by atoms with E-state index >= 15 is 0 Å². The summed E-state index contributed by atoms with van der Waals surface area (Å²) in [4.78, 5) is 53.2. The molecule has 2 atom stereocenters. The number of pyridine rings is 1. The zero-order valence-corrected chi connectivity index (χ0v) is 24.9. The minimum atomic E-state index is -1.37. The van der Waals surface area contributed by atoms with E-state index in [0.29, 0.717) is 44.8 Å². The van der Waals surface area contributed by atoms with Crippen molar-refractivity contribution in [1.29, 1.82) is 0 Å². The number of likely N-dealkylation sites (tertiary alicyclic amines) is 1. The number of carbonyl (C=O) groups is 3. The summed E-state index contributed by atoms with van der Waals surface area (Å²) in [6.07, 6.45) is 2.62. The number of alkyl halides is 1. The fraction of sp³-hybridized carbons (Fsp3) is 0.345. The highest BCUT2D eigenvalue weighted by Crippen LogP contribution is 2.36. The van der Waals surface area contributed by atoms with Gasteiger partial charge < -0.3 is 15.0 Å². The Morgan fingerprint density at radius 1 is 1.19 bits per heavy atom. The highest BCUT2D eigenvalue weighted by Gasteiger charge is 2.40.